The molecule has 2 amide bonds. The summed E-state index contributed by atoms with van der Waals surface area (Å²) in [5, 5.41) is 6.35. The van der Waals surface area contributed by atoms with Crippen LogP contribution in [-0.2, 0) is 4.74 Å². The van der Waals surface area contributed by atoms with E-state index < -0.39 is 6.09 Å². The zero-order valence-corrected chi connectivity index (χ0v) is 17.8. The van der Waals surface area contributed by atoms with Gasteiger partial charge < -0.3 is 14.8 Å². The topological polar surface area (TPSA) is 89.5 Å². The van der Waals surface area contributed by atoms with E-state index in [2.05, 4.69) is 15.6 Å². The number of ether oxygens (including phenoxy) is 2. The van der Waals surface area contributed by atoms with Crippen LogP contribution in [0.15, 0.2) is 54.6 Å². The predicted octanol–water partition coefficient (Wildman–Crippen LogP) is 5.42. The monoisotopic (exact) mass is 425 g/mol. The van der Waals surface area contributed by atoms with Crippen molar-refractivity contribution in [3.63, 3.8) is 0 Å². The fourth-order valence-electron chi connectivity index (χ4n) is 2.64. The van der Waals surface area contributed by atoms with Gasteiger partial charge in [0.25, 0.3) is 5.91 Å². The molecule has 0 bridgehead atoms. The van der Waals surface area contributed by atoms with Crippen molar-refractivity contribution in [2.75, 3.05) is 17.2 Å². The Morgan fingerprint density at radius 2 is 1.73 bits per heavy atom. The Morgan fingerprint density at radius 3 is 2.37 bits per heavy atom. The smallest absolute Gasteiger partial charge is 0.413 e. The van der Waals surface area contributed by atoms with Gasteiger partial charge in [-0.25, -0.2) is 9.78 Å². The van der Waals surface area contributed by atoms with Crippen molar-refractivity contribution in [2.45, 2.75) is 26.9 Å². The van der Waals surface area contributed by atoms with Crippen LogP contribution in [0.2, 0.25) is 0 Å². The van der Waals surface area contributed by atoms with E-state index in [4.69, 9.17) is 9.47 Å². The first-order valence-electron chi connectivity index (χ1n) is 9.54. The number of nitrogens with one attached hydrogen (secondary N) is 2. The van der Waals surface area contributed by atoms with Gasteiger partial charge in [0.1, 0.15) is 16.4 Å². The fourth-order valence-corrected chi connectivity index (χ4v) is 3.51. The quantitative estimate of drug-likeness (QED) is 0.528. The molecule has 30 heavy (non-hydrogen) atoms. The van der Waals surface area contributed by atoms with E-state index >= 15 is 0 Å². The molecule has 156 valence electrons. The van der Waals surface area contributed by atoms with Crippen molar-refractivity contribution in [1.29, 1.82) is 0 Å². The maximum atomic E-state index is 12.8. The van der Waals surface area contributed by atoms with Crippen LogP contribution in [0.5, 0.6) is 5.75 Å². The second-order valence-electron chi connectivity index (χ2n) is 6.55. The summed E-state index contributed by atoms with van der Waals surface area (Å²) in [6.07, 6.45) is -0.537. The summed E-state index contributed by atoms with van der Waals surface area (Å²) in [6, 6.07) is 16.3. The molecule has 7 nitrogen and oxygen atoms in total. The molecule has 0 fully saturated rings. The molecule has 8 heteroatoms. The van der Waals surface area contributed by atoms with Crippen LogP contribution in [0.25, 0.3) is 11.3 Å². The van der Waals surface area contributed by atoms with E-state index in [1.54, 1.807) is 31.2 Å². The fraction of sp³-hybridized carbons (Fsp3) is 0.227. The third-order valence-corrected chi connectivity index (χ3v) is 4.76. The van der Waals surface area contributed by atoms with Gasteiger partial charge in [0, 0.05) is 11.1 Å². The summed E-state index contributed by atoms with van der Waals surface area (Å²) in [7, 11) is 0. The summed E-state index contributed by atoms with van der Waals surface area (Å²) in [5.74, 6) is 0.417. The van der Waals surface area contributed by atoms with Gasteiger partial charge in [0.2, 0.25) is 0 Å². The Hall–Kier alpha value is -3.39. The largest absolute Gasteiger partial charge is 0.491 e. The van der Waals surface area contributed by atoms with Gasteiger partial charge in [0.15, 0.2) is 5.13 Å². The highest BCUT2D eigenvalue weighted by Crippen LogP contribution is 2.36. The average molecular weight is 426 g/mol. The summed E-state index contributed by atoms with van der Waals surface area (Å²) in [6.45, 7) is 5.86. The second kappa shape index (κ2) is 9.89. The summed E-state index contributed by atoms with van der Waals surface area (Å²) in [4.78, 5) is 29.0. The van der Waals surface area contributed by atoms with E-state index in [-0.39, 0.29) is 18.6 Å². The number of hydrogen-bond donors (Lipinski definition) is 2. The highest BCUT2D eigenvalue weighted by molar-refractivity contribution is 7.20. The Labute approximate surface area is 179 Å². The molecule has 3 rings (SSSR count). The molecular weight excluding hydrogens is 402 g/mol. The van der Waals surface area contributed by atoms with Gasteiger partial charge in [0.05, 0.1) is 12.7 Å². The molecule has 0 saturated heterocycles. The second-order valence-corrected chi connectivity index (χ2v) is 7.55. The molecule has 0 radical (unpaired) electrons. The van der Waals surface area contributed by atoms with E-state index in [0.29, 0.717) is 27.1 Å². The van der Waals surface area contributed by atoms with Crippen LogP contribution in [-0.4, -0.2) is 29.7 Å². The molecule has 1 aromatic heterocycles. The van der Waals surface area contributed by atoms with Crippen LogP contribution >= 0.6 is 11.3 Å². The number of amides is 2. The number of hydrogen-bond acceptors (Lipinski definition) is 6. The lowest BCUT2D eigenvalue weighted by Crippen LogP contribution is -2.12. The molecule has 1 heterocycles. The third-order valence-electron chi connectivity index (χ3n) is 3.87. The first-order chi connectivity index (χ1) is 14.5. The highest BCUT2D eigenvalue weighted by Gasteiger charge is 2.18. The standard InChI is InChI=1S/C22H23N3O4S/c1-4-28-22(27)25-21-23-18(15-8-6-5-7-9-15)20(30-21)24-19(26)16-10-12-17(13-11-16)29-14(2)3/h5-14H,4H2,1-3H3,(H,24,26)(H,23,25,27). The Bertz CT molecular complexity index is 1000. The summed E-state index contributed by atoms with van der Waals surface area (Å²) in [5.41, 5.74) is 1.88. The minimum Gasteiger partial charge on any atom is -0.491 e. The highest BCUT2D eigenvalue weighted by atomic mass is 32.1. The first kappa shape index (κ1) is 21.3. The zero-order chi connectivity index (χ0) is 21.5. The number of carbonyl (C=O) groups excluding carboxylic acids is 2. The molecule has 2 N–H and O–H groups in total. The SMILES string of the molecule is CCOC(=O)Nc1nc(-c2ccccc2)c(NC(=O)c2ccc(OC(C)C)cc2)s1. The number of rotatable bonds is 7. The maximum Gasteiger partial charge on any atom is 0.413 e. The zero-order valence-electron chi connectivity index (χ0n) is 17.0. The van der Waals surface area contributed by atoms with Gasteiger partial charge in [-0.15, -0.1) is 0 Å². The van der Waals surface area contributed by atoms with Crippen molar-refractivity contribution in [1.82, 2.24) is 4.98 Å². The molecule has 0 unspecified atom stereocenters. The number of thiazole rings is 1. The van der Waals surface area contributed by atoms with E-state index in [1.807, 2.05) is 44.2 Å². The first-order valence-corrected chi connectivity index (χ1v) is 10.4. The average Bonchev–Trinajstić information content (AvgIpc) is 3.10. The lowest BCUT2D eigenvalue weighted by molar-refractivity contribution is 0.102. The predicted molar refractivity (Wildman–Crippen MR) is 118 cm³/mol. The summed E-state index contributed by atoms with van der Waals surface area (Å²) >= 11 is 1.16. The van der Waals surface area contributed by atoms with Crippen LogP contribution in [0, 0.1) is 0 Å². The number of anilines is 2. The van der Waals surface area contributed by atoms with Crippen LogP contribution in [0.4, 0.5) is 14.9 Å². The summed E-state index contributed by atoms with van der Waals surface area (Å²) < 4.78 is 10.5. The van der Waals surface area contributed by atoms with Crippen molar-refractivity contribution in [3.05, 3.63) is 60.2 Å². The van der Waals surface area contributed by atoms with Gasteiger partial charge in [-0.2, -0.15) is 0 Å². The Kier molecular flexibility index (Phi) is 7.03. The Morgan fingerprint density at radius 1 is 1.03 bits per heavy atom. The minimum absolute atomic E-state index is 0.0561. The van der Waals surface area contributed by atoms with E-state index in [0.717, 1.165) is 16.9 Å². The van der Waals surface area contributed by atoms with Crippen LogP contribution < -0.4 is 15.4 Å². The van der Waals surface area contributed by atoms with Gasteiger partial charge in [-0.05, 0) is 45.0 Å². The van der Waals surface area contributed by atoms with Crippen LogP contribution in [0.3, 0.4) is 0 Å². The van der Waals surface area contributed by atoms with Gasteiger partial charge in [-0.1, -0.05) is 41.7 Å². The lowest BCUT2D eigenvalue weighted by atomic mass is 10.1. The van der Waals surface area contributed by atoms with Gasteiger partial charge >= 0.3 is 6.09 Å². The molecular formula is C22H23N3O4S. The Balaban J connectivity index is 1.83. The van der Waals surface area contributed by atoms with Crippen molar-refractivity contribution in [3.8, 4) is 17.0 Å². The maximum absolute atomic E-state index is 12.8. The van der Waals surface area contributed by atoms with E-state index in [1.165, 1.54) is 0 Å². The molecule has 0 aliphatic rings. The number of nitrogens with zero attached hydrogens (tertiary/aromatic N) is 1. The van der Waals surface area contributed by atoms with Crippen molar-refractivity contribution >= 4 is 33.5 Å². The lowest BCUT2D eigenvalue weighted by Gasteiger charge is -2.10. The van der Waals surface area contributed by atoms with Crippen molar-refractivity contribution < 1.29 is 19.1 Å². The number of carbonyl (C=O) groups is 2. The molecule has 3 aromatic rings. The third kappa shape index (κ3) is 5.57. The number of benzene rings is 2. The molecule has 0 aliphatic carbocycles. The van der Waals surface area contributed by atoms with Crippen LogP contribution in [0.1, 0.15) is 31.1 Å². The molecule has 0 spiro atoms. The molecule has 0 aliphatic heterocycles. The number of aromatic nitrogens is 1. The van der Waals surface area contributed by atoms with E-state index in [9.17, 15) is 9.59 Å². The molecule has 0 atom stereocenters. The molecule has 0 saturated carbocycles. The minimum atomic E-state index is -0.593. The molecule has 2 aromatic carbocycles. The van der Waals surface area contributed by atoms with Gasteiger partial charge in [-0.3, -0.25) is 10.1 Å². The normalized spacial score (nSPS) is 10.5. The van der Waals surface area contributed by atoms with Crippen molar-refractivity contribution in [2.24, 2.45) is 0 Å².